The molecule has 1 saturated heterocycles. The first-order valence-corrected chi connectivity index (χ1v) is 10.1. The average molecular weight is 395 g/mol. The third kappa shape index (κ3) is 3.33. The largest absolute Gasteiger partial charge is 0.476 e. The molecule has 0 spiro atoms. The average Bonchev–Trinajstić information content (AvgIpc) is 3.20. The van der Waals surface area contributed by atoms with Crippen LogP contribution in [0.3, 0.4) is 0 Å². The maximum atomic E-state index is 12.1. The number of benzene rings is 2. The first kappa shape index (κ1) is 18.8. The fourth-order valence-electron chi connectivity index (χ4n) is 3.97. The third-order valence-electron chi connectivity index (χ3n) is 5.39. The summed E-state index contributed by atoms with van der Waals surface area (Å²) in [6.45, 7) is 5.99. The highest BCUT2D eigenvalue weighted by molar-refractivity contribution is 6.31. The van der Waals surface area contributed by atoms with Gasteiger partial charge in [0.25, 0.3) is 0 Å². The number of carboxylic acids is 1. The van der Waals surface area contributed by atoms with Gasteiger partial charge in [0, 0.05) is 29.1 Å². The lowest BCUT2D eigenvalue weighted by Gasteiger charge is -2.25. The number of carboxylic acid groups (broad SMARTS) is 1. The Bertz CT molecular complexity index is 1060. The van der Waals surface area contributed by atoms with Crippen LogP contribution in [0, 0.1) is 0 Å². The molecule has 0 atom stereocenters. The van der Waals surface area contributed by atoms with Crippen molar-refractivity contribution in [3.05, 3.63) is 58.7 Å². The van der Waals surface area contributed by atoms with Gasteiger partial charge in [-0.05, 0) is 48.1 Å². The number of hydrogen-bond acceptors (Lipinski definition) is 3. The van der Waals surface area contributed by atoms with Gasteiger partial charge in [-0.15, -0.1) is 0 Å². The molecule has 0 unspecified atom stereocenters. The summed E-state index contributed by atoms with van der Waals surface area (Å²) in [5.41, 5.74) is 4.60. The van der Waals surface area contributed by atoms with Gasteiger partial charge in [0.05, 0.1) is 11.2 Å². The Morgan fingerprint density at radius 2 is 1.89 bits per heavy atom. The fourth-order valence-corrected chi connectivity index (χ4v) is 4.14. The molecule has 0 radical (unpaired) electrons. The maximum absolute atomic E-state index is 12.1. The Hall–Kier alpha value is -2.59. The molecule has 0 aliphatic carbocycles. The summed E-state index contributed by atoms with van der Waals surface area (Å²) < 4.78 is 0. The van der Waals surface area contributed by atoms with Crippen molar-refractivity contribution in [2.24, 2.45) is 0 Å². The molecule has 4 rings (SSSR count). The Labute approximate surface area is 169 Å². The number of nitrogens with zero attached hydrogens (tertiary/aromatic N) is 2. The van der Waals surface area contributed by atoms with E-state index >= 15 is 0 Å². The van der Waals surface area contributed by atoms with E-state index in [0.29, 0.717) is 22.1 Å². The van der Waals surface area contributed by atoms with Crippen molar-refractivity contribution < 1.29 is 9.90 Å². The molecule has 28 heavy (non-hydrogen) atoms. The molecule has 1 aliphatic rings. The first-order valence-electron chi connectivity index (χ1n) is 9.67. The lowest BCUT2D eigenvalue weighted by molar-refractivity contribution is 0.0691. The van der Waals surface area contributed by atoms with Gasteiger partial charge in [0.2, 0.25) is 0 Å². The molecular weight excluding hydrogens is 372 g/mol. The molecule has 2 heterocycles. The first-order chi connectivity index (χ1) is 13.5. The summed E-state index contributed by atoms with van der Waals surface area (Å²) in [4.78, 5) is 18.8. The van der Waals surface area contributed by atoms with Gasteiger partial charge >= 0.3 is 5.97 Å². The Kier molecular flexibility index (Phi) is 4.98. The van der Waals surface area contributed by atoms with E-state index < -0.39 is 5.97 Å². The van der Waals surface area contributed by atoms with Crippen LogP contribution in [0.4, 0.5) is 5.69 Å². The predicted octanol–water partition coefficient (Wildman–Crippen LogP) is 5.98. The SMILES string of the molecule is CC(C)c1cccc(-c2c(N3CCCC3)c(C(=O)O)nc3ccc(Cl)cc23)c1. The van der Waals surface area contributed by atoms with Crippen molar-refractivity contribution in [1.82, 2.24) is 4.98 Å². The second-order valence-corrected chi connectivity index (χ2v) is 8.06. The number of carbonyl (C=O) groups is 1. The minimum Gasteiger partial charge on any atom is -0.476 e. The van der Waals surface area contributed by atoms with E-state index in [9.17, 15) is 9.90 Å². The summed E-state index contributed by atoms with van der Waals surface area (Å²) in [5.74, 6) is -0.620. The van der Waals surface area contributed by atoms with Crippen LogP contribution >= 0.6 is 11.6 Å². The van der Waals surface area contributed by atoms with Gasteiger partial charge in [-0.1, -0.05) is 49.7 Å². The van der Waals surface area contributed by atoms with Gasteiger partial charge < -0.3 is 10.0 Å². The number of aromatic nitrogens is 1. The summed E-state index contributed by atoms with van der Waals surface area (Å²) in [7, 11) is 0. The minimum absolute atomic E-state index is 0.113. The van der Waals surface area contributed by atoms with Crippen LogP contribution in [0.2, 0.25) is 5.02 Å². The van der Waals surface area contributed by atoms with E-state index in [1.807, 2.05) is 18.2 Å². The standard InChI is InChI=1S/C23H23ClN2O2/c1-14(2)15-6-5-7-16(12-15)20-18-13-17(24)8-9-19(18)25-21(23(27)28)22(20)26-10-3-4-11-26/h5-9,12-14H,3-4,10-11H2,1-2H3,(H,27,28). The van der Waals surface area contributed by atoms with Crippen LogP contribution in [0.25, 0.3) is 22.0 Å². The second-order valence-electron chi connectivity index (χ2n) is 7.62. The fraction of sp³-hybridized carbons (Fsp3) is 0.304. The molecule has 5 heteroatoms. The highest BCUT2D eigenvalue weighted by Crippen LogP contribution is 2.41. The molecule has 0 bridgehead atoms. The zero-order valence-electron chi connectivity index (χ0n) is 16.1. The molecule has 1 fully saturated rings. The van der Waals surface area contributed by atoms with Crippen LogP contribution in [0.1, 0.15) is 48.7 Å². The molecule has 0 amide bonds. The number of pyridine rings is 1. The molecule has 1 aliphatic heterocycles. The summed E-state index contributed by atoms with van der Waals surface area (Å²) in [6, 6.07) is 13.8. The molecule has 1 N–H and O–H groups in total. The number of halogens is 1. The van der Waals surface area contributed by atoms with Crippen LogP contribution in [0.15, 0.2) is 42.5 Å². The Morgan fingerprint density at radius 1 is 1.14 bits per heavy atom. The molecule has 4 nitrogen and oxygen atoms in total. The van der Waals surface area contributed by atoms with E-state index in [1.165, 1.54) is 5.56 Å². The van der Waals surface area contributed by atoms with Crippen LogP contribution in [-0.2, 0) is 0 Å². The zero-order valence-corrected chi connectivity index (χ0v) is 16.8. The van der Waals surface area contributed by atoms with Gasteiger partial charge in [0.1, 0.15) is 0 Å². The van der Waals surface area contributed by atoms with Gasteiger partial charge in [-0.25, -0.2) is 9.78 Å². The third-order valence-corrected chi connectivity index (χ3v) is 5.62. The van der Waals surface area contributed by atoms with Crippen molar-refractivity contribution in [1.29, 1.82) is 0 Å². The van der Waals surface area contributed by atoms with Crippen molar-refractivity contribution >= 4 is 34.2 Å². The molecule has 3 aromatic rings. The van der Waals surface area contributed by atoms with Crippen LogP contribution < -0.4 is 4.90 Å². The molecule has 0 saturated carbocycles. The summed E-state index contributed by atoms with van der Waals surface area (Å²) in [6.07, 6.45) is 2.11. The van der Waals surface area contributed by atoms with Crippen molar-refractivity contribution in [2.75, 3.05) is 18.0 Å². The highest BCUT2D eigenvalue weighted by Gasteiger charge is 2.27. The van der Waals surface area contributed by atoms with Crippen molar-refractivity contribution in [3.8, 4) is 11.1 Å². The molecule has 144 valence electrons. The normalized spacial score (nSPS) is 14.2. The topological polar surface area (TPSA) is 53.4 Å². The van der Waals surface area contributed by atoms with Crippen molar-refractivity contribution in [3.63, 3.8) is 0 Å². The number of fused-ring (bicyclic) bond motifs is 1. The lowest BCUT2D eigenvalue weighted by Crippen LogP contribution is -2.23. The predicted molar refractivity (Wildman–Crippen MR) is 115 cm³/mol. The smallest absolute Gasteiger partial charge is 0.356 e. The summed E-state index contributed by atoms with van der Waals surface area (Å²) >= 11 is 6.32. The molecule has 2 aromatic carbocycles. The second kappa shape index (κ2) is 7.44. The summed E-state index contributed by atoms with van der Waals surface area (Å²) in [5, 5.41) is 11.4. The van der Waals surface area contributed by atoms with E-state index in [-0.39, 0.29) is 5.69 Å². The zero-order chi connectivity index (χ0) is 19.8. The lowest BCUT2D eigenvalue weighted by atomic mass is 9.93. The number of rotatable bonds is 4. The number of hydrogen-bond donors (Lipinski definition) is 1. The van der Waals surface area contributed by atoms with Crippen LogP contribution in [0.5, 0.6) is 0 Å². The van der Waals surface area contributed by atoms with Crippen molar-refractivity contribution in [2.45, 2.75) is 32.6 Å². The molecular formula is C23H23ClN2O2. The Balaban J connectivity index is 2.11. The van der Waals surface area contributed by atoms with Gasteiger partial charge in [-0.3, -0.25) is 0 Å². The minimum atomic E-state index is -1.000. The van der Waals surface area contributed by atoms with Gasteiger partial charge in [0.15, 0.2) is 5.69 Å². The number of aromatic carboxylic acids is 1. The van der Waals surface area contributed by atoms with E-state index in [2.05, 4.69) is 35.9 Å². The Morgan fingerprint density at radius 3 is 2.57 bits per heavy atom. The van der Waals surface area contributed by atoms with E-state index in [0.717, 1.165) is 42.4 Å². The van der Waals surface area contributed by atoms with Gasteiger partial charge in [-0.2, -0.15) is 0 Å². The quantitative estimate of drug-likeness (QED) is 0.591. The van der Waals surface area contributed by atoms with E-state index in [4.69, 9.17) is 11.6 Å². The monoisotopic (exact) mass is 394 g/mol. The maximum Gasteiger partial charge on any atom is 0.356 e. The van der Waals surface area contributed by atoms with E-state index in [1.54, 1.807) is 12.1 Å². The van der Waals surface area contributed by atoms with Crippen LogP contribution in [-0.4, -0.2) is 29.1 Å². The molecule has 1 aromatic heterocycles. The number of anilines is 1. The highest BCUT2D eigenvalue weighted by atomic mass is 35.5.